The first-order valence-corrected chi connectivity index (χ1v) is 34.5. The number of esters is 2. The van der Waals surface area contributed by atoms with Crippen LogP contribution in [0.2, 0.25) is 0 Å². The summed E-state index contributed by atoms with van der Waals surface area (Å²) in [7, 11) is 2.67. The smallest absolute Gasteiger partial charge is 0.415 e. The van der Waals surface area contributed by atoms with Crippen LogP contribution < -0.4 is 31.3 Å². The van der Waals surface area contributed by atoms with Crippen molar-refractivity contribution in [2.75, 3.05) is 29.3 Å². The summed E-state index contributed by atoms with van der Waals surface area (Å²) < 4.78 is 22.1. The van der Waals surface area contributed by atoms with Gasteiger partial charge in [-0.25, -0.2) is 19.2 Å². The van der Waals surface area contributed by atoms with Crippen molar-refractivity contribution in [1.82, 2.24) is 35.4 Å². The molecule has 0 aliphatic carbocycles. The number of aromatic amines is 1. The van der Waals surface area contributed by atoms with Gasteiger partial charge in [0.05, 0.1) is 61.2 Å². The van der Waals surface area contributed by atoms with Crippen LogP contribution in [0.1, 0.15) is 179 Å². The number of rotatable bonds is 12. The number of aromatic nitrogens is 3. The molecule has 4 N–H and O–H groups in total. The van der Waals surface area contributed by atoms with Gasteiger partial charge in [-0.2, -0.15) is 0 Å². The summed E-state index contributed by atoms with van der Waals surface area (Å²) in [6, 6.07) is 24.3. The molecule has 3 aromatic heterocycles. The second-order valence-electron chi connectivity index (χ2n) is 27.1. The maximum Gasteiger partial charge on any atom is 0.415 e. The van der Waals surface area contributed by atoms with E-state index in [2.05, 4.69) is 58.2 Å². The van der Waals surface area contributed by atoms with Crippen molar-refractivity contribution in [2.24, 2.45) is 0 Å². The van der Waals surface area contributed by atoms with Gasteiger partial charge in [0.25, 0.3) is 17.4 Å². The number of fused-ring (bicyclic) bond motifs is 2. The molecule has 9 amide bonds. The molecule has 4 aliphatic rings. The van der Waals surface area contributed by atoms with Crippen LogP contribution in [-0.2, 0) is 69.1 Å². The Balaban J connectivity index is 0.000000228. The van der Waals surface area contributed by atoms with Crippen molar-refractivity contribution < 1.29 is 71.7 Å². The van der Waals surface area contributed by atoms with Crippen molar-refractivity contribution in [2.45, 2.75) is 173 Å². The number of imide groups is 2. The predicted molar refractivity (Wildman–Crippen MR) is 402 cm³/mol. The topological polar surface area (TPSA) is 332 Å². The van der Waals surface area contributed by atoms with Crippen LogP contribution in [-0.4, -0.2) is 128 Å². The Morgan fingerprint density at radius 1 is 0.571 bits per heavy atom. The highest BCUT2D eigenvalue weighted by molar-refractivity contribution is 14.1. The zero-order chi connectivity index (χ0) is 76.4. The van der Waals surface area contributed by atoms with Gasteiger partial charge in [-0.1, -0.05) is 43.8 Å². The lowest BCUT2D eigenvalue weighted by Crippen LogP contribution is -2.52. The number of amides is 9. The Morgan fingerprint density at radius 2 is 1.03 bits per heavy atom. The zero-order valence-electron chi connectivity index (χ0n) is 60.8. The number of pyridine rings is 3. The summed E-state index contributed by atoms with van der Waals surface area (Å²) in [5, 5.41) is 7.04. The van der Waals surface area contributed by atoms with Crippen LogP contribution in [0.25, 0.3) is 11.1 Å². The third-order valence-corrected chi connectivity index (χ3v) is 18.6. The van der Waals surface area contributed by atoms with Crippen molar-refractivity contribution in [3.05, 3.63) is 202 Å². The quantitative estimate of drug-likeness (QED) is 0.0382. The Labute approximate surface area is 623 Å². The highest BCUT2D eigenvalue weighted by atomic mass is 127. The fourth-order valence-electron chi connectivity index (χ4n) is 11.8. The van der Waals surface area contributed by atoms with Gasteiger partial charge >= 0.3 is 24.1 Å². The summed E-state index contributed by atoms with van der Waals surface area (Å²) in [5.41, 5.74) is 10.6. The monoisotopic (exact) mass is 1550 g/mol. The van der Waals surface area contributed by atoms with Gasteiger partial charge in [-0.05, 0) is 218 Å². The fourth-order valence-corrected chi connectivity index (χ4v) is 12.4. The average Bonchev–Trinajstić information content (AvgIpc) is 1.64. The van der Waals surface area contributed by atoms with Crippen LogP contribution in [0.4, 0.5) is 26.7 Å². The van der Waals surface area contributed by atoms with Gasteiger partial charge in [0.1, 0.15) is 29.0 Å². The standard InChI is InChI=1S/C35H38N4O7.C27H32N4O5.C8H7IO2.C7H8N2O2.CH4/c1-19-16-36-27(21(3)20(19)2)18-39(34(44)46-35(4,5)6)29-15-22(23-10-8-9-11-24(23)33(43)45-7)14-25-26(29)17-38(32(25)42)28-12-13-30(40)37-31(28)41;1-15-12-28-20(17(3)16(15)2)14-31(26(35)36-27(4,5)6)21-9-7-8-18-19(21)13-30(25(18)34)22-10-11-23(32)29-24(22)33;1-11-8(10)6-4-2-3-5-7(6)9;1-5(10)9-6-3-2-4-8-7(6)11;/h8-11,14-16,28H,12-13,17-18H2,1-7H3,(H,37,40,41);7-9,12,22H,10-11,13-14H2,1-6H3,(H,29,32,33);2-5H,1H3;2-4H,1H3,(H,8,11)(H,9,10);1H4. The number of nitrogens with zero attached hydrogens (tertiary/aromatic N) is 6. The second-order valence-corrected chi connectivity index (χ2v) is 28.3. The number of nitrogens with one attached hydrogen (secondary N) is 4. The Bertz CT molecular complexity index is 4630. The molecule has 2 atom stereocenters. The van der Waals surface area contributed by atoms with E-state index in [1.165, 1.54) is 46.9 Å². The van der Waals surface area contributed by atoms with Gasteiger partial charge < -0.3 is 39.0 Å². The molecule has 0 spiro atoms. The number of ether oxygens (including phenoxy) is 4. The summed E-state index contributed by atoms with van der Waals surface area (Å²) in [4.78, 5) is 166. The molecule has 2 fully saturated rings. The van der Waals surface area contributed by atoms with Crippen molar-refractivity contribution in [1.29, 1.82) is 0 Å². The van der Waals surface area contributed by atoms with Crippen LogP contribution in [0.15, 0.2) is 114 Å². The number of hydrogen-bond donors (Lipinski definition) is 4. The molecular formula is C78H89IN10O16. The van der Waals surface area contributed by atoms with E-state index in [9.17, 15) is 57.5 Å². The van der Waals surface area contributed by atoms with E-state index in [4.69, 9.17) is 14.2 Å². The van der Waals surface area contributed by atoms with Crippen LogP contribution in [0.3, 0.4) is 0 Å². The minimum atomic E-state index is -0.866. The Hall–Kier alpha value is -11.0. The Morgan fingerprint density at radius 3 is 1.50 bits per heavy atom. The minimum absolute atomic E-state index is 0. The van der Waals surface area contributed by atoms with E-state index >= 15 is 0 Å². The molecule has 2 unspecified atom stereocenters. The number of anilines is 3. The number of hydrogen-bond acceptors (Lipinski definition) is 18. The lowest BCUT2D eigenvalue weighted by Gasteiger charge is -2.30. The molecule has 7 aromatic rings. The van der Waals surface area contributed by atoms with Crippen molar-refractivity contribution in [3.8, 4) is 11.1 Å². The lowest BCUT2D eigenvalue weighted by molar-refractivity contribution is -0.138. The van der Waals surface area contributed by atoms with E-state index in [-0.39, 0.29) is 111 Å². The fraction of sp³-hybridized carbons (Fsp3) is 0.359. The number of carbonyl (C=O) groups is 11. The number of benzene rings is 4. The zero-order valence-corrected chi connectivity index (χ0v) is 63.0. The lowest BCUT2D eigenvalue weighted by atomic mass is 9.94. The summed E-state index contributed by atoms with van der Waals surface area (Å²) in [5.74, 6) is -3.57. The maximum atomic E-state index is 14.1. The second kappa shape index (κ2) is 34.5. The normalized spacial score (nSPS) is 15.1. The number of methoxy groups -OCH3 is 2. The van der Waals surface area contributed by atoms with Gasteiger partial charge in [0.15, 0.2) is 0 Å². The molecule has 4 aliphatic heterocycles. The SMILES string of the molecule is C.CC(=O)Nc1ccc[nH]c1=O.COC(=O)c1ccccc1-c1cc2c(c(N(Cc3ncc(C)c(C)c3C)C(=O)OC(C)(C)C)c1)CN(C1CCC(=O)NC1=O)C2=O.COC(=O)c1ccccc1I.Cc1cnc(CN(C(=O)OC(C)(C)C)c2cccc3c2CN(C2CCC(=O)NC2=O)C3=O)c(C)c1C. The van der Waals surface area contributed by atoms with Crippen LogP contribution in [0.5, 0.6) is 0 Å². The first kappa shape index (κ1) is 81.3. The largest absolute Gasteiger partial charge is 0.465 e. The molecule has 554 valence electrons. The molecule has 26 nitrogen and oxygen atoms in total. The number of aryl methyl sites for hydroxylation is 2. The van der Waals surface area contributed by atoms with E-state index < -0.39 is 59.2 Å². The van der Waals surface area contributed by atoms with Gasteiger partial charge in [-0.3, -0.25) is 68.8 Å². The highest BCUT2D eigenvalue weighted by Crippen LogP contribution is 2.41. The van der Waals surface area contributed by atoms with E-state index in [0.29, 0.717) is 50.4 Å². The van der Waals surface area contributed by atoms with E-state index in [1.807, 2.05) is 59.7 Å². The van der Waals surface area contributed by atoms with E-state index in [1.54, 1.807) is 127 Å². The molecule has 11 rings (SSSR count). The number of H-pyrrole nitrogens is 1. The first-order chi connectivity index (χ1) is 49.0. The molecular weight excluding hydrogens is 1460 g/mol. The summed E-state index contributed by atoms with van der Waals surface area (Å²) in [6.07, 6.45) is 4.56. The highest BCUT2D eigenvalue weighted by Gasteiger charge is 2.44. The number of carbonyl (C=O) groups excluding carboxylic acids is 11. The summed E-state index contributed by atoms with van der Waals surface area (Å²) >= 11 is 2.10. The molecule has 27 heteroatoms. The van der Waals surface area contributed by atoms with E-state index in [0.717, 1.165) is 42.6 Å². The van der Waals surface area contributed by atoms with Gasteiger partial charge in [0, 0.05) is 77.3 Å². The molecule has 2 saturated heterocycles. The van der Waals surface area contributed by atoms with Crippen molar-refractivity contribution in [3.63, 3.8) is 0 Å². The molecule has 0 radical (unpaired) electrons. The summed E-state index contributed by atoms with van der Waals surface area (Å²) in [6.45, 7) is 24.3. The van der Waals surface area contributed by atoms with Crippen LogP contribution in [0, 0.1) is 45.1 Å². The minimum Gasteiger partial charge on any atom is -0.465 e. The molecule has 0 saturated carbocycles. The number of piperidine rings is 2. The Kier molecular flexibility index (Phi) is 26.8. The maximum absolute atomic E-state index is 14.1. The van der Waals surface area contributed by atoms with Gasteiger partial charge in [0.2, 0.25) is 29.5 Å². The van der Waals surface area contributed by atoms with Gasteiger partial charge in [-0.15, -0.1) is 0 Å². The molecule has 105 heavy (non-hydrogen) atoms. The number of halogens is 1. The first-order valence-electron chi connectivity index (χ1n) is 33.4. The third-order valence-electron chi connectivity index (χ3n) is 17.7. The van der Waals surface area contributed by atoms with Crippen molar-refractivity contribution >= 4 is 105 Å². The predicted octanol–water partition coefficient (Wildman–Crippen LogP) is 11.9. The molecule has 0 bridgehead atoms. The molecule has 4 aromatic carbocycles. The van der Waals surface area contributed by atoms with Crippen LogP contribution >= 0.6 is 22.6 Å². The average molecular weight is 1550 g/mol. The molecule has 7 heterocycles. The third kappa shape index (κ3) is 19.7.